The van der Waals surface area contributed by atoms with Gasteiger partial charge in [-0.2, -0.15) is 0 Å². The zero-order valence-corrected chi connectivity index (χ0v) is 16.2. The Morgan fingerprint density at radius 1 is 1.04 bits per heavy atom. The number of aryl methyl sites for hydroxylation is 1. The first-order chi connectivity index (χ1) is 12.8. The van der Waals surface area contributed by atoms with Gasteiger partial charge in [0.05, 0.1) is 4.88 Å². The van der Waals surface area contributed by atoms with Gasteiger partial charge < -0.3 is 10.6 Å². The second-order valence-corrected chi connectivity index (χ2v) is 7.90. The standard InChI is InChI=1S/C21H21FN2O2S/c1-12(2)11-18(25)23-14-7-9-15(10-8-14)24-21(26)20-13(3)19-16(22)5-4-6-17(19)27-20/h4-10,12H,11H2,1-3H3,(H,23,25)(H,24,26). The number of hydrogen-bond acceptors (Lipinski definition) is 3. The molecule has 1 aromatic heterocycles. The van der Waals surface area contributed by atoms with Crippen LogP contribution in [0.5, 0.6) is 0 Å². The third-order valence-corrected chi connectivity index (χ3v) is 5.39. The van der Waals surface area contributed by atoms with Crippen LogP contribution in [-0.4, -0.2) is 11.8 Å². The molecular formula is C21H21FN2O2S. The Balaban J connectivity index is 1.72. The second kappa shape index (κ2) is 7.88. The van der Waals surface area contributed by atoms with Gasteiger partial charge in [0.1, 0.15) is 5.82 Å². The van der Waals surface area contributed by atoms with Crippen molar-refractivity contribution in [1.29, 1.82) is 0 Å². The molecule has 2 aromatic carbocycles. The van der Waals surface area contributed by atoms with Crippen LogP contribution in [0, 0.1) is 18.7 Å². The van der Waals surface area contributed by atoms with Crippen molar-refractivity contribution in [3.05, 3.63) is 58.7 Å². The van der Waals surface area contributed by atoms with Crippen molar-refractivity contribution in [2.45, 2.75) is 27.2 Å². The van der Waals surface area contributed by atoms with Gasteiger partial charge >= 0.3 is 0 Å². The third-order valence-electron chi connectivity index (χ3n) is 4.13. The lowest BCUT2D eigenvalue weighted by Gasteiger charge is -2.09. The largest absolute Gasteiger partial charge is 0.326 e. The van der Waals surface area contributed by atoms with Gasteiger partial charge in [0.2, 0.25) is 5.91 Å². The molecule has 0 bridgehead atoms. The summed E-state index contributed by atoms with van der Waals surface area (Å²) in [5.41, 5.74) is 1.93. The molecule has 0 fully saturated rings. The number of amides is 2. The number of nitrogens with one attached hydrogen (secondary N) is 2. The molecule has 0 aliphatic rings. The normalized spacial score (nSPS) is 11.0. The maximum absolute atomic E-state index is 14.0. The Morgan fingerprint density at radius 3 is 2.26 bits per heavy atom. The molecule has 4 nitrogen and oxygen atoms in total. The molecule has 0 atom stereocenters. The summed E-state index contributed by atoms with van der Waals surface area (Å²) in [6, 6.07) is 11.8. The van der Waals surface area contributed by atoms with E-state index in [4.69, 9.17) is 0 Å². The van der Waals surface area contributed by atoms with E-state index in [-0.39, 0.29) is 23.5 Å². The van der Waals surface area contributed by atoms with Crippen molar-refractivity contribution in [3.8, 4) is 0 Å². The summed E-state index contributed by atoms with van der Waals surface area (Å²) in [6.45, 7) is 5.73. The SMILES string of the molecule is Cc1c(C(=O)Nc2ccc(NC(=O)CC(C)C)cc2)sc2cccc(F)c12. The summed E-state index contributed by atoms with van der Waals surface area (Å²) in [6.07, 6.45) is 0.459. The van der Waals surface area contributed by atoms with Gasteiger partial charge in [-0.05, 0) is 54.8 Å². The van der Waals surface area contributed by atoms with Crippen LogP contribution in [0.3, 0.4) is 0 Å². The van der Waals surface area contributed by atoms with Gasteiger partial charge in [0.15, 0.2) is 0 Å². The molecule has 6 heteroatoms. The van der Waals surface area contributed by atoms with E-state index in [1.807, 2.05) is 19.9 Å². The Hall–Kier alpha value is -2.73. The highest BCUT2D eigenvalue weighted by atomic mass is 32.1. The quantitative estimate of drug-likeness (QED) is 0.603. The molecule has 1 heterocycles. The number of rotatable bonds is 5. The first kappa shape index (κ1) is 19.0. The van der Waals surface area contributed by atoms with E-state index in [9.17, 15) is 14.0 Å². The molecule has 0 saturated carbocycles. The number of hydrogen-bond donors (Lipinski definition) is 2. The molecule has 0 aliphatic heterocycles. The predicted molar refractivity (Wildman–Crippen MR) is 109 cm³/mol. The summed E-state index contributed by atoms with van der Waals surface area (Å²) in [7, 11) is 0. The molecule has 0 radical (unpaired) electrons. The van der Waals surface area contributed by atoms with Crippen molar-refractivity contribution < 1.29 is 14.0 Å². The zero-order chi connectivity index (χ0) is 19.6. The molecular weight excluding hydrogens is 363 g/mol. The van der Waals surface area contributed by atoms with Crippen molar-refractivity contribution >= 4 is 44.6 Å². The summed E-state index contributed by atoms with van der Waals surface area (Å²) >= 11 is 1.27. The predicted octanol–water partition coefficient (Wildman–Crippen LogP) is 5.59. The van der Waals surface area contributed by atoms with E-state index >= 15 is 0 Å². The first-order valence-electron chi connectivity index (χ1n) is 8.74. The van der Waals surface area contributed by atoms with Crippen molar-refractivity contribution in [3.63, 3.8) is 0 Å². The number of halogens is 1. The monoisotopic (exact) mass is 384 g/mol. The van der Waals surface area contributed by atoms with Crippen LogP contribution in [0.15, 0.2) is 42.5 Å². The summed E-state index contributed by atoms with van der Waals surface area (Å²) in [5.74, 6) is -0.339. The molecule has 27 heavy (non-hydrogen) atoms. The lowest BCUT2D eigenvalue weighted by atomic mass is 10.1. The van der Waals surface area contributed by atoms with Gasteiger partial charge in [-0.1, -0.05) is 19.9 Å². The molecule has 3 aromatic rings. The second-order valence-electron chi connectivity index (χ2n) is 6.85. The fourth-order valence-electron chi connectivity index (χ4n) is 2.88. The molecule has 0 unspecified atom stereocenters. The molecule has 3 rings (SSSR count). The minimum atomic E-state index is -0.318. The van der Waals surface area contributed by atoms with E-state index in [1.54, 1.807) is 37.3 Å². The lowest BCUT2D eigenvalue weighted by molar-refractivity contribution is -0.116. The minimum Gasteiger partial charge on any atom is -0.326 e. The number of benzene rings is 2. The zero-order valence-electron chi connectivity index (χ0n) is 15.4. The van der Waals surface area contributed by atoms with Crippen molar-refractivity contribution in [2.75, 3.05) is 10.6 Å². The summed E-state index contributed by atoms with van der Waals surface area (Å²) in [5, 5.41) is 6.15. The Labute approximate surface area is 161 Å². The van der Waals surface area contributed by atoms with E-state index in [2.05, 4.69) is 10.6 Å². The third kappa shape index (κ3) is 4.34. The van der Waals surface area contributed by atoms with Gasteiger partial charge in [-0.3, -0.25) is 9.59 Å². The number of fused-ring (bicyclic) bond motifs is 1. The topological polar surface area (TPSA) is 58.2 Å². The fourth-order valence-corrected chi connectivity index (χ4v) is 4.00. The maximum Gasteiger partial charge on any atom is 0.266 e. The van der Waals surface area contributed by atoms with E-state index in [0.717, 1.165) is 4.70 Å². The Bertz CT molecular complexity index is 993. The van der Waals surface area contributed by atoms with E-state index in [1.165, 1.54) is 17.4 Å². The van der Waals surface area contributed by atoms with Crippen LogP contribution in [-0.2, 0) is 4.79 Å². The van der Waals surface area contributed by atoms with Gasteiger partial charge in [0.25, 0.3) is 5.91 Å². The van der Waals surface area contributed by atoms with Crippen molar-refractivity contribution in [1.82, 2.24) is 0 Å². The smallest absolute Gasteiger partial charge is 0.266 e. The molecule has 140 valence electrons. The lowest BCUT2D eigenvalue weighted by Crippen LogP contribution is -2.14. The average molecular weight is 384 g/mol. The van der Waals surface area contributed by atoms with Crippen molar-refractivity contribution in [2.24, 2.45) is 5.92 Å². The maximum atomic E-state index is 14.0. The number of thiophene rings is 1. The number of anilines is 2. The molecule has 0 aliphatic carbocycles. The van der Waals surface area contributed by atoms with Crippen LogP contribution >= 0.6 is 11.3 Å². The highest BCUT2D eigenvalue weighted by Gasteiger charge is 2.18. The molecule has 2 amide bonds. The highest BCUT2D eigenvalue weighted by Crippen LogP contribution is 2.33. The van der Waals surface area contributed by atoms with Crippen LogP contribution in [0.1, 0.15) is 35.5 Å². The van der Waals surface area contributed by atoms with Gasteiger partial charge in [-0.25, -0.2) is 4.39 Å². The molecule has 0 saturated heterocycles. The van der Waals surface area contributed by atoms with Crippen LogP contribution in [0.25, 0.3) is 10.1 Å². The van der Waals surface area contributed by atoms with Gasteiger partial charge in [0, 0.05) is 27.9 Å². The summed E-state index contributed by atoms with van der Waals surface area (Å²) in [4.78, 5) is 24.9. The first-order valence-corrected chi connectivity index (χ1v) is 9.55. The number of carbonyl (C=O) groups excluding carboxylic acids is 2. The van der Waals surface area contributed by atoms with E-state index in [0.29, 0.717) is 33.6 Å². The van der Waals surface area contributed by atoms with Crippen LogP contribution in [0.2, 0.25) is 0 Å². The Kier molecular flexibility index (Phi) is 5.56. The average Bonchev–Trinajstić information content (AvgIpc) is 2.94. The molecule has 0 spiro atoms. The van der Waals surface area contributed by atoms with Gasteiger partial charge in [-0.15, -0.1) is 11.3 Å². The molecule has 2 N–H and O–H groups in total. The van der Waals surface area contributed by atoms with Crippen LogP contribution in [0.4, 0.5) is 15.8 Å². The van der Waals surface area contributed by atoms with E-state index < -0.39 is 0 Å². The Morgan fingerprint density at radius 2 is 1.67 bits per heavy atom. The highest BCUT2D eigenvalue weighted by molar-refractivity contribution is 7.21. The summed E-state index contributed by atoms with van der Waals surface area (Å²) < 4.78 is 14.8. The fraction of sp³-hybridized carbons (Fsp3) is 0.238. The minimum absolute atomic E-state index is 0.0373. The number of carbonyl (C=O) groups is 2. The van der Waals surface area contributed by atoms with Crippen LogP contribution < -0.4 is 10.6 Å².